The smallest absolute Gasteiger partial charge is 0.225 e. The molecule has 1 amide bonds. The summed E-state index contributed by atoms with van der Waals surface area (Å²) in [6.07, 6.45) is 6.17. The molecule has 2 unspecified atom stereocenters. The van der Waals surface area contributed by atoms with E-state index in [1.165, 1.54) is 6.42 Å². The zero-order valence-electron chi connectivity index (χ0n) is 18.3. The number of alkyl halides is 1. The molecule has 8 heteroatoms. The number of carbonyl (C=O) groups is 1. The highest BCUT2D eigenvalue weighted by Gasteiger charge is 2.32. The molecule has 170 valence electrons. The standard InChI is InChI=1S/C23H32ClIN4O2/c1-15(14-25)5-3-8-21-27-28-23(29(21)18-9-10-18)17(11-12-30)13-22(31)26-20-7-4-6-19(24)16(20)2/h4,6-7,15,17-18,30H,3,5,8-14H2,1-2H3,(H,26,31). The highest BCUT2D eigenvalue weighted by Crippen LogP contribution is 2.39. The fraction of sp³-hybridized carbons (Fsp3) is 0.609. The van der Waals surface area contributed by atoms with E-state index in [1.54, 1.807) is 0 Å². The quantitative estimate of drug-likeness (QED) is 0.268. The molecule has 1 heterocycles. The Balaban J connectivity index is 1.73. The molecule has 31 heavy (non-hydrogen) atoms. The third kappa shape index (κ3) is 6.65. The van der Waals surface area contributed by atoms with Crippen LogP contribution in [0.3, 0.4) is 0 Å². The second-order valence-corrected chi connectivity index (χ2v) is 9.89. The minimum Gasteiger partial charge on any atom is -0.396 e. The van der Waals surface area contributed by atoms with Crippen LogP contribution < -0.4 is 5.32 Å². The van der Waals surface area contributed by atoms with Crippen molar-refractivity contribution in [3.8, 4) is 0 Å². The molecule has 1 aromatic carbocycles. The Morgan fingerprint density at radius 2 is 2.13 bits per heavy atom. The topological polar surface area (TPSA) is 80.0 Å². The van der Waals surface area contributed by atoms with E-state index in [1.807, 2.05) is 25.1 Å². The molecular weight excluding hydrogens is 527 g/mol. The minimum absolute atomic E-state index is 0.00811. The van der Waals surface area contributed by atoms with Crippen LogP contribution >= 0.6 is 34.2 Å². The van der Waals surface area contributed by atoms with Crippen molar-refractivity contribution < 1.29 is 9.90 Å². The van der Waals surface area contributed by atoms with E-state index in [-0.39, 0.29) is 24.9 Å². The van der Waals surface area contributed by atoms with E-state index in [4.69, 9.17) is 11.6 Å². The lowest BCUT2D eigenvalue weighted by Crippen LogP contribution is -2.20. The van der Waals surface area contributed by atoms with E-state index < -0.39 is 0 Å². The lowest BCUT2D eigenvalue weighted by Gasteiger charge is -2.18. The van der Waals surface area contributed by atoms with Gasteiger partial charge in [-0.15, -0.1) is 10.2 Å². The van der Waals surface area contributed by atoms with Gasteiger partial charge in [0.05, 0.1) is 0 Å². The first-order valence-corrected chi connectivity index (χ1v) is 13.0. The van der Waals surface area contributed by atoms with E-state index in [0.717, 1.165) is 47.3 Å². The first-order chi connectivity index (χ1) is 14.9. The molecular formula is C23H32ClIN4O2. The maximum Gasteiger partial charge on any atom is 0.225 e. The van der Waals surface area contributed by atoms with Crippen LogP contribution in [-0.4, -0.2) is 36.8 Å². The number of benzene rings is 1. The van der Waals surface area contributed by atoms with Gasteiger partial charge in [0.1, 0.15) is 11.6 Å². The number of nitrogens with one attached hydrogen (secondary N) is 1. The highest BCUT2D eigenvalue weighted by molar-refractivity contribution is 14.1. The van der Waals surface area contributed by atoms with Gasteiger partial charge in [-0.2, -0.15) is 0 Å². The number of nitrogens with zero attached hydrogens (tertiary/aromatic N) is 3. The number of aliphatic hydroxyl groups is 1. The summed E-state index contributed by atoms with van der Waals surface area (Å²) in [4.78, 5) is 12.8. The summed E-state index contributed by atoms with van der Waals surface area (Å²) >= 11 is 8.62. The number of anilines is 1. The van der Waals surface area contributed by atoms with Gasteiger partial charge in [0.25, 0.3) is 0 Å². The average Bonchev–Trinajstić information content (AvgIpc) is 3.50. The fourth-order valence-electron chi connectivity index (χ4n) is 3.85. The lowest BCUT2D eigenvalue weighted by molar-refractivity contribution is -0.116. The minimum atomic E-state index is -0.167. The fourth-order valence-corrected chi connectivity index (χ4v) is 4.46. The first kappa shape index (κ1) is 24.5. The van der Waals surface area contributed by atoms with Crippen LogP contribution in [0.15, 0.2) is 18.2 Å². The van der Waals surface area contributed by atoms with Crippen molar-refractivity contribution in [3.63, 3.8) is 0 Å². The molecule has 2 N–H and O–H groups in total. The number of rotatable bonds is 12. The number of hydrogen-bond donors (Lipinski definition) is 2. The van der Waals surface area contributed by atoms with Gasteiger partial charge in [-0.1, -0.05) is 47.2 Å². The SMILES string of the molecule is Cc1c(Cl)cccc1NC(=O)CC(CCO)c1nnc(CCCC(C)CI)n1C1CC1. The molecule has 2 atom stereocenters. The van der Waals surface area contributed by atoms with Crippen LogP contribution in [0.2, 0.25) is 5.02 Å². The molecule has 0 bridgehead atoms. The van der Waals surface area contributed by atoms with Crippen LogP contribution in [0.1, 0.15) is 74.6 Å². The maximum absolute atomic E-state index is 12.8. The Hall–Kier alpha value is -1.19. The molecule has 1 aliphatic rings. The molecule has 0 radical (unpaired) electrons. The predicted molar refractivity (Wildman–Crippen MR) is 133 cm³/mol. The lowest BCUT2D eigenvalue weighted by atomic mass is 9.99. The van der Waals surface area contributed by atoms with E-state index in [2.05, 4.69) is 49.6 Å². The average molecular weight is 559 g/mol. The van der Waals surface area contributed by atoms with Gasteiger partial charge < -0.3 is 15.0 Å². The van der Waals surface area contributed by atoms with Gasteiger partial charge in [-0.3, -0.25) is 4.79 Å². The van der Waals surface area contributed by atoms with Crippen LogP contribution in [0, 0.1) is 12.8 Å². The molecule has 0 saturated heterocycles. The zero-order chi connectivity index (χ0) is 22.4. The van der Waals surface area contributed by atoms with Crippen LogP contribution in [-0.2, 0) is 11.2 Å². The summed E-state index contributed by atoms with van der Waals surface area (Å²) in [7, 11) is 0. The van der Waals surface area contributed by atoms with Crippen LogP contribution in [0.5, 0.6) is 0 Å². The molecule has 3 rings (SSSR count). The van der Waals surface area contributed by atoms with Crippen molar-refractivity contribution in [1.29, 1.82) is 0 Å². The second-order valence-electron chi connectivity index (χ2n) is 8.60. The number of aromatic nitrogens is 3. The van der Waals surface area contributed by atoms with Crippen molar-refractivity contribution in [2.75, 3.05) is 16.4 Å². The van der Waals surface area contributed by atoms with Gasteiger partial charge in [0.15, 0.2) is 0 Å². The molecule has 6 nitrogen and oxygen atoms in total. The van der Waals surface area contributed by atoms with Crippen LogP contribution in [0.4, 0.5) is 5.69 Å². The van der Waals surface area contributed by atoms with E-state index in [9.17, 15) is 9.90 Å². The molecule has 0 aliphatic heterocycles. The Morgan fingerprint density at radius 3 is 2.81 bits per heavy atom. The van der Waals surface area contributed by atoms with E-state index >= 15 is 0 Å². The van der Waals surface area contributed by atoms with Crippen molar-refractivity contribution in [1.82, 2.24) is 14.8 Å². The van der Waals surface area contributed by atoms with Crippen molar-refractivity contribution >= 4 is 45.8 Å². The number of halogens is 2. The molecule has 1 aromatic heterocycles. The predicted octanol–water partition coefficient (Wildman–Crippen LogP) is 5.46. The largest absolute Gasteiger partial charge is 0.396 e. The van der Waals surface area contributed by atoms with Gasteiger partial charge >= 0.3 is 0 Å². The van der Waals surface area contributed by atoms with E-state index in [0.29, 0.717) is 29.1 Å². The second kappa shape index (κ2) is 11.6. The monoisotopic (exact) mass is 558 g/mol. The Morgan fingerprint density at radius 1 is 1.35 bits per heavy atom. The zero-order valence-corrected chi connectivity index (χ0v) is 21.2. The van der Waals surface area contributed by atoms with Gasteiger partial charge in [-0.25, -0.2) is 0 Å². The molecule has 2 aromatic rings. The first-order valence-electron chi connectivity index (χ1n) is 11.1. The van der Waals surface area contributed by atoms with Gasteiger partial charge in [0.2, 0.25) is 5.91 Å². The van der Waals surface area contributed by atoms with Gasteiger partial charge in [-0.05, 0) is 62.6 Å². The summed E-state index contributed by atoms with van der Waals surface area (Å²) < 4.78 is 3.42. The summed E-state index contributed by atoms with van der Waals surface area (Å²) in [6.45, 7) is 4.17. The third-order valence-corrected chi connectivity index (χ3v) is 7.79. The van der Waals surface area contributed by atoms with Crippen molar-refractivity contribution in [2.45, 2.75) is 70.8 Å². The normalized spacial score (nSPS) is 15.6. The van der Waals surface area contributed by atoms with Crippen LogP contribution in [0.25, 0.3) is 0 Å². The number of amides is 1. The molecule has 0 spiro atoms. The third-order valence-electron chi connectivity index (χ3n) is 5.88. The number of aliphatic hydroxyl groups excluding tert-OH is 1. The summed E-state index contributed by atoms with van der Waals surface area (Å²) in [5, 5.41) is 22.3. The Kier molecular flexibility index (Phi) is 9.16. The summed E-state index contributed by atoms with van der Waals surface area (Å²) in [6, 6.07) is 5.91. The molecule has 1 aliphatic carbocycles. The summed E-state index contributed by atoms with van der Waals surface area (Å²) in [5.41, 5.74) is 1.56. The van der Waals surface area contributed by atoms with Crippen molar-refractivity contribution in [3.05, 3.63) is 40.4 Å². The van der Waals surface area contributed by atoms with Crippen molar-refractivity contribution in [2.24, 2.45) is 5.92 Å². The Labute approximate surface area is 203 Å². The van der Waals surface area contributed by atoms with Gasteiger partial charge in [0, 0.05) is 46.5 Å². The summed E-state index contributed by atoms with van der Waals surface area (Å²) in [5.74, 6) is 2.29. The highest BCUT2D eigenvalue weighted by atomic mass is 127. The number of hydrogen-bond acceptors (Lipinski definition) is 4. The number of carbonyl (C=O) groups excluding carboxylic acids is 1. The Bertz CT molecular complexity index is 884. The molecule has 1 fully saturated rings. The number of aryl methyl sites for hydroxylation is 1. The molecule has 1 saturated carbocycles. The maximum atomic E-state index is 12.8.